The molecule has 0 spiro atoms. The molecule has 0 aliphatic carbocycles. The Morgan fingerprint density at radius 2 is 1.93 bits per heavy atom. The van der Waals surface area contributed by atoms with Crippen molar-refractivity contribution in [2.45, 2.75) is 26.7 Å². The van der Waals surface area contributed by atoms with Crippen LogP contribution in [-0.2, 0) is 0 Å². The molecule has 5 nitrogen and oxygen atoms in total. The second-order valence-corrected chi connectivity index (χ2v) is 6.77. The maximum absolute atomic E-state index is 13.2. The van der Waals surface area contributed by atoms with E-state index in [4.69, 9.17) is 4.99 Å². The molecule has 0 aliphatic heterocycles. The third kappa shape index (κ3) is 4.46. The summed E-state index contributed by atoms with van der Waals surface area (Å²) in [7, 11) is 0. The number of rotatable bonds is 6. The Hall–Kier alpha value is -3.41. The maximum atomic E-state index is 13.2. The number of nitrogens with one attached hydrogen (secondary N) is 2. The Morgan fingerprint density at radius 1 is 1.21 bits per heavy atom. The predicted octanol–water partition coefficient (Wildman–Crippen LogP) is 5.54. The summed E-state index contributed by atoms with van der Waals surface area (Å²) in [5, 5.41) is 20.1. The van der Waals surface area contributed by atoms with Crippen LogP contribution in [0, 0.1) is 12.7 Å². The molecule has 0 aliphatic rings. The SMILES string of the molecule is C=C(Nc1cc(C)[nH]n1)c1ccc(O)cc1N=C(C)C(C)c1ccc(F)cc1. The fourth-order valence-corrected chi connectivity index (χ4v) is 2.85. The zero-order chi connectivity index (χ0) is 20.3. The normalized spacial score (nSPS) is 12.6. The standard InChI is InChI=1S/C22H23FN4O/c1-13-11-22(27-26-13)25-16(4)20-10-9-19(28)12-21(20)24-15(3)14(2)17-5-7-18(23)8-6-17/h5-12,14,28H,4H2,1-3H3,(H2,25,26,27). The van der Waals surface area contributed by atoms with Crippen molar-refractivity contribution in [3.05, 3.63) is 77.7 Å². The fraction of sp³-hybridized carbons (Fsp3) is 0.182. The highest BCUT2D eigenvalue weighted by Gasteiger charge is 2.13. The predicted molar refractivity (Wildman–Crippen MR) is 112 cm³/mol. The van der Waals surface area contributed by atoms with E-state index in [1.807, 2.05) is 26.8 Å². The van der Waals surface area contributed by atoms with Gasteiger partial charge in [0.2, 0.25) is 0 Å². The zero-order valence-electron chi connectivity index (χ0n) is 16.1. The summed E-state index contributed by atoms with van der Waals surface area (Å²) in [6.07, 6.45) is 0. The molecule has 6 heteroatoms. The minimum absolute atomic E-state index is 0.00832. The van der Waals surface area contributed by atoms with Gasteiger partial charge in [0.1, 0.15) is 11.6 Å². The van der Waals surface area contributed by atoms with Crippen LogP contribution in [0.1, 0.15) is 36.6 Å². The number of aromatic hydroxyl groups is 1. The monoisotopic (exact) mass is 378 g/mol. The molecule has 1 atom stereocenters. The molecule has 1 aromatic heterocycles. The molecule has 2 aromatic carbocycles. The third-order valence-electron chi connectivity index (χ3n) is 4.58. The highest BCUT2D eigenvalue weighted by Crippen LogP contribution is 2.31. The van der Waals surface area contributed by atoms with Gasteiger partial charge in [-0.2, -0.15) is 5.10 Å². The molecule has 3 aromatic rings. The average molecular weight is 378 g/mol. The smallest absolute Gasteiger partial charge is 0.152 e. The first kappa shape index (κ1) is 19.4. The number of aliphatic imine (C=N–C) groups is 1. The van der Waals surface area contributed by atoms with Crippen molar-refractivity contribution in [1.29, 1.82) is 0 Å². The summed E-state index contributed by atoms with van der Waals surface area (Å²) in [6.45, 7) is 9.92. The Balaban J connectivity index is 1.90. The zero-order valence-corrected chi connectivity index (χ0v) is 16.1. The number of anilines is 1. The number of phenolic OH excluding ortho intramolecular Hbond substituents is 1. The first-order chi connectivity index (χ1) is 13.3. The van der Waals surface area contributed by atoms with E-state index >= 15 is 0 Å². The topological polar surface area (TPSA) is 73.3 Å². The Labute approximate surface area is 163 Å². The number of benzene rings is 2. The van der Waals surface area contributed by atoms with Gasteiger partial charge in [0, 0.05) is 40.7 Å². The van der Waals surface area contributed by atoms with Gasteiger partial charge in [0.25, 0.3) is 0 Å². The van der Waals surface area contributed by atoms with Crippen molar-refractivity contribution in [3.8, 4) is 5.75 Å². The number of H-pyrrole nitrogens is 1. The van der Waals surface area contributed by atoms with E-state index in [0.717, 1.165) is 22.5 Å². The van der Waals surface area contributed by atoms with Crippen LogP contribution in [0.4, 0.5) is 15.9 Å². The van der Waals surface area contributed by atoms with Crippen molar-refractivity contribution in [3.63, 3.8) is 0 Å². The molecule has 1 heterocycles. The van der Waals surface area contributed by atoms with E-state index < -0.39 is 0 Å². The van der Waals surface area contributed by atoms with E-state index in [2.05, 4.69) is 22.1 Å². The van der Waals surface area contributed by atoms with Crippen molar-refractivity contribution in [2.24, 2.45) is 4.99 Å². The van der Waals surface area contributed by atoms with Crippen molar-refractivity contribution in [2.75, 3.05) is 5.32 Å². The minimum atomic E-state index is -0.267. The molecule has 1 unspecified atom stereocenters. The van der Waals surface area contributed by atoms with Crippen molar-refractivity contribution < 1.29 is 9.50 Å². The lowest BCUT2D eigenvalue weighted by atomic mass is 9.96. The number of aromatic amines is 1. The van der Waals surface area contributed by atoms with Crippen LogP contribution in [0.3, 0.4) is 0 Å². The van der Waals surface area contributed by atoms with Gasteiger partial charge in [-0.05, 0) is 43.7 Å². The molecule has 0 bridgehead atoms. The van der Waals surface area contributed by atoms with Crippen LogP contribution in [0.25, 0.3) is 5.70 Å². The van der Waals surface area contributed by atoms with Gasteiger partial charge in [0.15, 0.2) is 5.82 Å². The first-order valence-electron chi connectivity index (χ1n) is 8.95. The molecule has 0 radical (unpaired) electrons. The quantitative estimate of drug-likeness (QED) is 0.493. The second kappa shape index (κ2) is 8.08. The van der Waals surface area contributed by atoms with Crippen LogP contribution in [-0.4, -0.2) is 21.0 Å². The Kier molecular flexibility index (Phi) is 5.59. The number of hydrogen-bond acceptors (Lipinski definition) is 4. The van der Waals surface area contributed by atoms with E-state index in [9.17, 15) is 9.50 Å². The molecule has 0 fully saturated rings. The Morgan fingerprint density at radius 3 is 2.57 bits per heavy atom. The summed E-state index contributed by atoms with van der Waals surface area (Å²) in [4.78, 5) is 4.72. The fourth-order valence-electron chi connectivity index (χ4n) is 2.85. The number of hydrogen-bond donors (Lipinski definition) is 3. The largest absolute Gasteiger partial charge is 0.508 e. The Bertz CT molecular complexity index is 1020. The lowest BCUT2D eigenvalue weighted by molar-refractivity contribution is 0.475. The number of phenols is 1. The molecule has 3 N–H and O–H groups in total. The second-order valence-electron chi connectivity index (χ2n) is 6.77. The average Bonchev–Trinajstić information content (AvgIpc) is 3.06. The highest BCUT2D eigenvalue weighted by molar-refractivity contribution is 5.92. The summed E-state index contributed by atoms with van der Waals surface area (Å²) in [5.74, 6) is 0.498. The van der Waals surface area contributed by atoms with Crippen LogP contribution in [0.15, 0.2) is 60.1 Å². The van der Waals surface area contributed by atoms with Crippen molar-refractivity contribution in [1.82, 2.24) is 10.2 Å². The summed E-state index contributed by atoms with van der Waals surface area (Å²) >= 11 is 0. The molecule has 0 saturated carbocycles. The van der Waals surface area contributed by atoms with Gasteiger partial charge in [-0.25, -0.2) is 4.39 Å². The molecular formula is C22H23FN4O. The molecule has 144 valence electrons. The van der Waals surface area contributed by atoms with E-state index in [1.54, 1.807) is 30.3 Å². The first-order valence-corrected chi connectivity index (χ1v) is 8.95. The molecule has 28 heavy (non-hydrogen) atoms. The lowest BCUT2D eigenvalue weighted by Crippen LogP contribution is -2.05. The number of aromatic nitrogens is 2. The number of nitrogens with zero attached hydrogens (tertiary/aromatic N) is 2. The molecular weight excluding hydrogens is 355 g/mol. The maximum Gasteiger partial charge on any atom is 0.152 e. The van der Waals surface area contributed by atoms with Crippen LogP contribution in [0.5, 0.6) is 5.75 Å². The summed E-state index contributed by atoms with van der Waals surface area (Å²) in [5.41, 5.74) is 4.70. The summed E-state index contributed by atoms with van der Waals surface area (Å²) < 4.78 is 13.2. The number of aryl methyl sites for hydroxylation is 1. The van der Waals surface area contributed by atoms with E-state index in [1.165, 1.54) is 12.1 Å². The van der Waals surface area contributed by atoms with Gasteiger partial charge in [0.05, 0.1) is 5.69 Å². The van der Waals surface area contributed by atoms with Crippen LogP contribution in [0.2, 0.25) is 0 Å². The van der Waals surface area contributed by atoms with Gasteiger partial charge >= 0.3 is 0 Å². The molecule has 0 saturated heterocycles. The van der Waals surface area contributed by atoms with E-state index in [0.29, 0.717) is 17.2 Å². The van der Waals surface area contributed by atoms with Gasteiger partial charge < -0.3 is 10.4 Å². The van der Waals surface area contributed by atoms with Crippen molar-refractivity contribution >= 4 is 22.9 Å². The van der Waals surface area contributed by atoms with Gasteiger partial charge in [-0.15, -0.1) is 0 Å². The highest BCUT2D eigenvalue weighted by atomic mass is 19.1. The van der Waals surface area contributed by atoms with Gasteiger partial charge in [-0.1, -0.05) is 25.6 Å². The van der Waals surface area contributed by atoms with Gasteiger partial charge in [-0.3, -0.25) is 10.1 Å². The van der Waals surface area contributed by atoms with Crippen LogP contribution >= 0.6 is 0 Å². The van der Waals surface area contributed by atoms with E-state index in [-0.39, 0.29) is 17.5 Å². The van der Waals surface area contributed by atoms with Crippen LogP contribution < -0.4 is 5.32 Å². The minimum Gasteiger partial charge on any atom is -0.508 e. The summed E-state index contributed by atoms with van der Waals surface area (Å²) in [6, 6.07) is 13.2. The number of halogens is 1. The lowest BCUT2D eigenvalue weighted by Gasteiger charge is -2.15. The molecule has 3 rings (SSSR count). The molecule has 0 amide bonds. The third-order valence-corrected chi connectivity index (χ3v) is 4.58.